The van der Waals surface area contributed by atoms with Crippen molar-refractivity contribution in [1.82, 2.24) is 10.3 Å². The van der Waals surface area contributed by atoms with Gasteiger partial charge in [0.05, 0.1) is 5.56 Å². The van der Waals surface area contributed by atoms with Crippen LogP contribution in [0.5, 0.6) is 0 Å². The summed E-state index contributed by atoms with van der Waals surface area (Å²) in [7, 11) is 0. The Hall–Kier alpha value is -2.39. The van der Waals surface area contributed by atoms with Crippen LogP contribution in [0.1, 0.15) is 15.9 Å². The summed E-state index contributed by atoms with van der Waals surface area (Å²) in [6, 6.07) is 15.1. The summed E-state index contributed by atoms with van der Waals surface area (Å²) in [5.74, 6) is -0.140. The second-order valence-electron chi connectivity index (χ2n) is 4.72. The van der Waals surface area contributed by atoms with Gasteiger partial charge in [-0.2, -0.15) is 0 Å². The van der Waals surface area contributed by atoms with Crippen molar-refractivity contribution in [2.45, 2.75) is 6.54 Å². The van der Waals surface area contributed by atoms with E-state index in [1.807, 2.05) is 48.5 Å². The first-order valence-electron chi connectivity index (χ1n) is 6.59. The molecule has 3 nitrogen and oxygen atoms in total. The molecule has 3 rings (SSSR count). The highest BCUT2D eigenvalue weighted by molar-refractivity contribution is 6.30. The molecule has 0 saturated heterocycles. The third-order valence-electron chi connectivity index (χ3n) is 3.25. The Morgan fingerprint density at radius 3 is 2.81 bits per heavy atom. The van der Waals surface area contributed by atoms with Crippen molar-refractivity contribution < 1.29 is 4.79 Å². The molecule has 1 N–H and O–H groups in total. The summed E-state index contributed by atoms with van der Waals surface area (Å²) >= 11 is 5.93. The zero-order valence-corrected chi connectivity index (χ0v) is 12.0. The van der Waals surface area contributed by atoms with Gasteiger partial charge in [0.25, 0.3) is 5.91 Å². The number of nitrogens with one attached hydrogen (secondary N) is 1. The number of benzene rings is 2. The Morgan fingerprint density at radius 1 is 1.10 bits per heavy atom. The molecule has 104 valence electrons. The summed E-state index contributed by atoms with van der Waals surface area (Å²) in [6.07, 6.45) is 3.35. The maximum atomic E-state index is 12.3. The molecule has 1 aromatic heterocycles. The van der Waals surface area contributed by atoms with Crippen LogP contribution >= 0.6 is 11.6 Å². The second kappa shape index (κ2) is 5.94. The molecule has 0 aliphatic carbocycles. The van der Waals surface area contributed by atoms with Gasteiger partial charge < -0.3 is 5.32 Å². The molecule has 0 unspecified atom stereocenters. The molecule has 2 aromatic carbocycles. The molecule has 0 aliphatic heterocycles. The van der Waals surface area contributed by atoms with Gasteiger partial charge in [-0.05, 0) is 23.1 Å². The molecule has 0 aliphatic rings. The second-order valence-corrected chi connectivity index (χ2v) is 5.16. The molecule has 0 atom stereocenters. The average molecular weight is 297 g/mol. The first kappa shape index (κ1) is 13.6. The van der Waals surface area contributed by atoms with E-state index in [4.69, 9.17) is 11.6 Å². The molecular weight excluding hydrogens is 284 g/mol. The SMILES string of the molecule is O=C(NCc1cccc(Cl)c1)c1cncc2ccccc12. The molecule has 0 bridgehead atoms. The average Bonchev–Trinajstić information content (AvgIpc) is 2.52. The van der Waals surface area contributed by atoms with Gasteiger partial charge in [-0.15, -0.1) is 0 Å². The van der Waals surface area contributed by atoms with Gasteiger partial charge in [0.15, 0.2) is 0 Å². The number of nitrogens with zero attached hydrogens (tertiary/aromatic N) is 1. The van der Waals surface area contributed by atoms with Crippen molar-refractivity contribution in [3.8, 4) is 0 Å². The first-order chi connectivity index (χ1) is 10.2. The van der Waals surface area contributed by atoms with Crippen LogP contribution in [0.15, 0.2) is 60.9 Å². The molecule has 0 radical (unpaired) electrons. The molecule has 0 fully saturated rings. The number of pyridine rings is 1. The van der Waals surface area contributed by atoms with Crippen LogP contribution in [0.3, 0.4) is 0 Å². The highest BCUT2D eigenvalue weighted by atomic mass is 35.5. The smallest absolute Gasteiger partial charge is 0.253 e. The van der Waals surface area contributed by atoms with E-state index in [1.165, 1.54) is 0 Å². The van der Waals surface area contributed by atoms with E-state index in [0.29, 0.717) is 17.1 Å². The van der Waals surface area contributed by atoms with Crippen molar-refractivity contribution in [1.29, 1.82) is 0 Å². The van der Waals surface area contributed by atoms with E-state index in [9.17, 15) is 4.79 Å². The third-order valence-corrected chi connectivity index (χ3v) is 3.49. The normalized spacial score (nSPS) is 10.5. The number of halogens is 1. The number of hydrogen-bond donors (Lipinski definition) is 1. The summed E-state index contributed by atoms with van der Waals surface area (Å²) in [5, 5.41) is 5.41. The predicted molar refractivity (Wildman–Crippen MR) is 84.4 cm³/mol. The summed E-state index contributed by atoms with van der Waals surface area (Å²) in [4.78, 5) is 16.5. The van der Waals surface area contributed by atoms with Crippen molar-refractivity contribution >= 4 is 28.3 Å². The van der Waals surface area contributed by atoms with Crippen molar-refractivity contribution in [3.05, 3.63) is 77.1 Å². The molecule has 21 heavy (non-hydrogen) atoms. The minimum absolute atomic E-state index is 0.140. The minimum atomic E-state index is -0.140. The zero-order valence-electron chi connectivity index (χ0n) is 11.2. The summed E-state index contributed by atoms with van der Waals surface area (Å²) in [5.41, 5.74) is 1.54. The minimum Gasteiger partial charge on any atom is -0.348 e. The third kappa shape index (κ3) is 3.03. The lowest BCUT2D eigenvalue weighted by molar-refractivity contribution is 0.0952. The van der Waals surface area contributed by atoms with Gasteiger partial charge in [-0.3, -0.25) is 9.78 Å². The topological polar surface area (TPSA) is 42.0 Å². The van der Waals surface area contributed by atoms with Gasteiger partial charge in [0, 0.05) is 29.3 Å². The van der Waals surface area contributed by atoms with E-state index >= 15 is 0 Å². The maximum absolute atomic E-state index is 12.3. The predicted octanol–water partition coefficient (Wildman–Crippen LogP) is 3.82. The lowest BCUT2D eigenvalue weighted by Gasteiger charge is -2.08. The highest BCUT2D eigenvalue weighted by Crippen LogP contribution is 2.17. The van der Waals surface area contributed by atoms with Crippen LogP contribution < -0.4 is 5.32 Å². The Kier molecular flexibility index (Phi) is 3.84. The molecule has 1 amide bonds. The van der Waals surface area contributed by atoms with Crippen LogP contribution in [0.25, 0.3) is 10.8 Å². The van der Waals surface area contributed by atoms with Crippen molar-refractivity contribution in [3.63, 3.8) is 0 Å². The highest BCUT2D eigenvalue weighted by Gasteiger charge is 2.09. The van der Waals surface area contributed by atoms with E-state index < -0.39 is 0 Å². The first-order valence-corrected chi connectivity index (χ1v) is 6.97. The van der Waals surface area contributed by atoms with E-state index in [-0.39, 0.29) is 5.91 Å². The number of carbonyl (C=O) groups is 1. The number of fused-ring (bicyclic) bond motifs is 1. The fourth-order valence-electron chi connectivity index (χ4n) is 2.22. The number of carbonyl (C=O) groups excluding carboxylic acids is 1. The Balaban J connectivity index is 1.81. The van der Waals surface area contributed by atoms with Crippen LogP contribution in [-0.2, 0) is 6.54 Å². The molecule has 3 aromatic rings. The van der Waals surface area contributed by atoms with Gasteiger partial charge in [-0.1, -0.05) is 48.0 Å². The number of aromatic nitrogens is 1. The largest absolute Gasteiger partial charge is 0.348 e. The lowest BCUT2D eigenvalue weighted by Crippen LogP contribution is -2.23. The van der Waals surface area contributed by atoms with Crippen molar-refractivity contribution in [2.24, 2.45) is 0 Å². The summed E-state index contributed by atoms with van der Waals surface area (Å²) in [6.45, 7) is 0.433. The van der Waals surface area contributed by atoms with E-state index in [1.54, 1.807) is 12.4 Å². The Bertz CT molecular complexity index is 796. The van der Waals surface area contributed by atoms with Gasteiger partial charge in [0.1, 0.15) is 0 Å². The number of hydrogen-bond acceptors (Lipinski definition) is 2. The molecule has 0 saturated carbocycles. The zero-order chi connectivity index (χ0) is 14.7. The van der Waals surface area contributed by atoms with Gasteiger partial charge >= 0.3 is 0 Å². The lowest BCUT2D eigenvalue weighted by atomic mass is 10.1. The van der Waals surface area contributed by atoms with Gasteiger partial charge in [0.2, 0.25) is 0 Å². The van der Waals surface area contributed by atoms with E-state index in [2.05, 4.69) is 10.3 Å². The Morgan fingerprint density at radius 2 is 1.95 bits per heavy atom. The Labute approximate surface area is 127 Å². The van der Waals surface area contributed by atoms with Crippen LogP contribution in [0.2, 0.25) is 5.02 Å². The van der Waals surface area contributed by atoms with Crippen LogP contribution in [-0.4, -0.2) is 10.9 Å². The number of amides is 1. The molecular formula is C17H13ClN2O. The fourth-order valence-corrected chi connectivity index (χ4v) is 2.43. The quantitative estimate of drug-likeness (QED) is 0.798. The fraction of sp³-hybridized carbons (Fsp3) is 0.0588. The van der Waals surface area contributed by atoms with Crippen molar-refractivity contribution in [2.75, 3.05) is 0 Å². The molecule has 1 heterocycles. The standard InChI is InChI=1S/C17H13ClN2O/c18-14-6-3-4-12(8-14)9-20-17(21)16-11-19-10-13-5-1-2-7-15(13)16/h1-8,10-11H,9H2,(H,20,21). The van der Waals surface area contributed by atoms with Gasteiger partial charge in [-0.25, -0.2) is 0 Å². The molecule has 0 spiro atoms. The molecule has 4 heteroatoms. The van der Waals surface area contributed by atoms with E-state index in [0.717, 1.165) is 16.3 Å². The monoisotopic (exact) mass is 296 g/mol. The van der Waals surface area contributed by atoms with Crippen LogP contribution in [0.4, 0.5) is 0 Å². The summed E-state index contributed by atoms with van der Waals surface area (Å²) < 4.78 is 0. The van der Waals surface area contributed by atoms with Crippen LogP contribution in [0, 0.1) is 0 Å². The maximum Gasteiger partial charge on any atom is 0.253 e. The number of rotatable bonds is 3.